The van der Waals surface area contributed by atoms with E-state index in [1.54, 1.807) is 36.4 Å². The second-order valence-corrected chi connectivity index (χ2v) is 9.82. The number of sulfonamides is 1. The highest BCUT2D eigenvalue weighted by Gasteiger charge is 2.15. The Hall–Kier alpha value is -3.52. The van der Waals surface area contributed by atoms with Gasteiger partial charge in [-0.1, -0.05) is 0 Å². The van der Waals surface area contributed by atoms with Crippen molar-refractivity contribution in [3.05, 3.63) is 78.4 Å². The molecule has 2 N–H and O–H groups in total. The van der Waals surface area contributed by atoms with E-state index in [9.17, 15) is 13.2 Å². The third kappa shape index (κ3) is 5.88. The molecule has 0 radical (unpaired) electrons. The van der Waals surface area contributed by atoms with Crippen LogP contribution in [-0.4, -0.2) is 34.0 Å². The van der Waals surface area contributed by atoms with Gasteiger partial charge in [0, 0.05) is 35.7 Å². The molecule has 178 valence electrons. The first-order chi connectivity index (χ1) is 16.4. The van der Waals surface area contributed by atoms with Gasteiger partial charge in [-0.3, -0.25) is 9.52 Å². The Morgan fingerprint density at radius 2 is 1.47 bits per heavy atom. The van der Waals surface area contributed by atoms with Gasteiger partial charge < -0.3 is 15.0 Å². The molecule has 1 aliphatic rings. The molecule has 1 saturated heterocycles. The fourth-order valence-corrected chi connectivity index (χ4v) is 4.95. The summed E-state index contributed by atoms with van der Waals surface area (Å²) in [7, 11) is -3.76. The fraction of sp³-hybridized carbons (Fsp3) is 0.269. The number of carbonyl (C=O) groups is 1. The molecular formula is C26H29N3O4S. The molecule has 34 heavy (non-hydrogen) atoms. The molecule has 0 saturated carbocycles. The van der Waals surface area contributed by atoms with Gasteiger partial charge in [0.2, 0.25) is 0 Å². The Labute approximate surface area is 200 Å². The highest BCUT2D eigenvalue weighted by Crippen LogP contribution is 2.23. The maximum Gasteiger partial charge on any atom is 0.261 e. The predicted molar refractivity (Wildman–Crippen MR) is 135 cm³/mol. The maximum atomic E-state index is 12.7. The molecule has 0 atom stereocenters. The Kier molecular flexibility index (Phi) is 7.37. The maximum absolute atomic E-state index is 12.7. The van der Waals surface area contributed by atoms with Crippen molar-refractivity contribution in [3.8, 4) is 5.75 Å². The van der Waals surface area contributed by atoms with Gasteiger partial charge in [-0.15, -0.1) is 0 Å². The fourth-order valence-electron chi connectivity index (χ4n) is 3.90. The van der Waals surface area contributed by atoms with Gasteiger partial charge in [0.25, 0.3) is 15.9 Å². The molecule has 0 spiro atoms. The van der Waals surface area contributed by atoms with Gasteiger partial charge in [0.05, 0.1) is 11.5 Å². The first kappa shape index (κ1) is 23.6. The minimum Gasteiger partial charge on any atom is -0.494 e. The second kappa shape index (κ2) is 10.6. The SMILES string of the molecule is CCOc1ccc(NS(=O)(=O)c2ccc(NC(=O)c3ccc(N4CCCCC4)cc3)cc2)cc1. The lowest BCUT2D eigenvalue weighted by Gasteiger charge is -2.28. The van der Waals surface area contributed by atoms with Crippen LogP contribution in [0.5, 0.6) is 5.75 Å². The number of ether oxygens (including phenoxy) is 1. The van der Waals surface area contributed by atoms with Gasteiger partial charge >= 0.3 is 0 Å². The van der Waals surface area contributed by atoms with Crippen LogP contribution >= 0.6 is 0 Å². The first-order valence-electron chi connectivity index (χ1n) is 11.5. The quantitative estimate of drug-likeness (QED) is 0.468. The molecule has 0 unspecified atom stereocenters. The summed E-state index contributed by atoms with van der Waals surface area (Å²) in [5.41, 5.74) is 2.64. The average Bonchev–Trinajstić information content (AvgIpc) is 2.86. The number of rotatable bonds is 8. The van der Waals surface area contributed by atoms with Crippen LogP contribution in [-0.2, 0) is 10.0 Å². The first-order valence-corrected chi connectivity index (χ1v) is 12.9. The molecule has 1 heterocycles. The van der Waals surface area contributed by atoms with Gasteiger partial charge in [-0.2, -0.15) is 0 Å². The Bertz CT molecular complexity index is 1200. The Morgan fingerprint density at radius 1 is 0.853 bits per heavy atom. The van der Waals surface area contributed by atoms with Gasteiger partial charge in [0.1, 0.15) is 5.75 Å². The van der Waals surface area contributed by atoms with E-state index in [4.69, 9.17) is 4.74 Å². The van der Waals surface area contributed by atoms with Crippen molar-refractivity contribution in [2.75, 3.05) is 34.6 Å². The lowest BCUT2D eigenvalue weighted by molar-refractivity contribution is 0.102. The van der Waals surface area contributed by atoms with E-state index in [0.717, 1.165) is 18.8 Å². The molecule has 0 aromatic heterocycles. The molecule has 1 fully saturated rings. The Balaban J connectivity index is 1.37. The largest absolute Gasteiger partial charge is 0.494 e. The summed E-state index contributed by atoms with van der Waals surface area (Å²) in [5.74, 6) is 0.431. The van der Waals surface area contributed by atoms with E-state index in [0.29, 0.717) is 29.3 Å². The summed E-state index contributed by atoms with van der Waals surface area (Å²) in [4.78, 5) is 15.1. The average molecular weight is 480 g/mol. The summed E-state index contributed by atoms with van der Waals surface area (Å²) in [5, 5.41) is 2.82. The molecule has 8 heteroatoms. The molecule has 3 aromatic rings. The van der Waals surface area contributed by atoms with Gasteiger partial charge in [-0.05, 0) is 99.0 Å². The summed E-state index contributed by atoms with van der Waals surface area (Å²) in [6.07, 6.45) is 3.67. The highest BCUT2D eigenvalue weighted by atomic mass is 32.2. The summed E-state index contributed by atoms with van der Waals surface area (Å²) in [6, 6.07) is 20.4. The minimum atomic E-state index is -3.76. The highest BCUT2D eigenvalue weighted by molar-refractivity contribution is 7.92. The second-order valence-electron chi connectivity index (χ2n) is 8.14. The standard InChI is InChI=1S/C26H29N3O4S/c1-2-33-24-14-8-22(9-15-24)28-34(31,32)25-16-10-21(11-17-25)27-26(30)20-6-12-23(13-7-20)29-18-4-3-5-19-29/h6-17,28H,2-5,18-19H2,1H3,(H,27,30). The van der Waals surface area contributed by atoms with E-state index in [-0.39, 0.29) is 10.8 Å². The van der Waals surface area contributed by atoms with E-state index in [1.807, 2.05) is 31.2 Å². The summed E-state index contributed by atoms with van der Waals surface area (Å²) < 4.78 is 33.3. The normalized spacial score (nSPS) is 13.9. The van der Waals surface area contributed by atoms with Crippen molar-refractivity contribution in [3.63, 3.8) is 0 Å². The van der Waals surface area contributed by atoms with Crippen molar-refractivity contribution >= 4 is 33.0 Å². The van der Waals surface area contributed by atoms with Crippen LogP contribution in [0.3, 0.4) is 0 Å². The molecule has 7 nitrogen and oxygen atoms in total. The lowest BCUT2D eigenvalue weighted by atomic mass is 10.1. The number of carbonyl (C=O) groups excluding carboxylic acids is 1. The minimum absolute atomic E-state index is 0.102. The van der Waals surface area contributed by atoms with Crippen LogP contribution in [0.15, 0.2) is 77.7 Å². The smallest absolute Gasteiger partial charge is 0.261 e. The van der Waals surface area contributed by atoms with Crippen LogP contribution in [0.2, 0.25) is 0 Å². The van der Waals surface area contributed by atoms with Crippen molar-refractivity contribution in [1.29, 1.82) is 0 Å². The molecule has 0 aliphatic carbocycles. The molecule has 4 rings (SSSR count). The molecule has 1 aliphatic heterocycles. The zero-order valence-corrected chi connectivity index (χ0v) is 20.0. The number of anilines is 3. The van der Waals surface area contributed by atoms with Crippen LogP contribution in [0.25, 0.3) is 0 Å². The number of piperidine rings is 1. The number of nitrogens with zero attached hydrogens (tertiary/aromatic N) is 1. The molecular weight excluding hydrogens is 450 g/mol. The number of hydrogen-bond acceptors (Lipinski definition) is 5. The third-order valence-electron chi connectivity index (χ3n) is 5.69. The van der Waals surface area contributed by atoms with Crippen LogP contribution in [0, 0.1) is 0 Å². The zero-order valence-electron chi connectivity index (χ0n) is 19.2. The van der Waals surface area contributed by atoms with Crippen LogP contribution in [0.1, 0.15) is 36.5 Å². The van der Waals surface area contributed by atoms with Crippen molar-refractivity contribution < 1.29 is 17.9 Å². The molecule has 3 aromatic carbocycles. The number of nitrogens with one attached hydrogen (secondary N) is 2. The van der Waals surface area contributed by atoms with E-state index >= 15 is 0 Å². The van der Waals surface area contributed by atoms with Crippen molar-refractivity contribution in [2.45, 2.75) is 31.1 Å². The van der Waals surface area contributed by atoms with E-state index < -0.39 is 10.0 Å². The van der Waals surface area contributed by atoms with Crippen molar-refractivity contribution in [1.82, 2.24) is 0 Å². The van der Waals surface area contributed by atoms with Gasteiger partial charge in [-0.25, -0.2) is 8.42 Å². The van der Waals surface area contributed by atoms with E-state index in [2.05, 4.69) is 14.9 Å². The Morgan fingerprint density at radius 3 is 2.09 bits per heavy atom. The predicted octanol–water partition coefficient (Wildman–Crippen LogP) is 5.13. The molecule has 1 amide bonds. The van der Waals surface area contributed by atoms with Crippen LogP contribution < -0.4 is 19.7 Å². The topological polar surface area (TPSA) is 87.7 Å². The summed E-state index contributed by atoms with van der Waals surface area (Å²) in [6.45, 7) is 4.52. The molecule has 0 bridgehead atoms. The van der Waals surface area contributed by atoms with Crippen LogP contribution in [0.4, 0.5) is 17.1 Å². The van der Waals surface area contributed by atoms with Gasteiger partial charge in [0.15, 0.2) is 0 Å². The van der Waals surface area contributed by atoms with Crippen molar-refractivity contribution in [2.24, 2.45) is 0 Å². The summed E-state index contributed by atoms with van der Waals surface area (Å²) >= 11 is 0. The van der Waals surface area contributed by atoms with E-state index in [1.165, 1.54) is 31.4 Å². The number of hydrogen-bond donors (Lipinski definition) is 2. The lowest BCUT2D eigenvalue weighted by Crippen LogP contribution is -2.29. The third-order valence-corrected chi connectivity index (χ3v) is 7.09. The zero-order chi connectivity index (χ0) is 24.0. The number of amides is 1. The number of benzene rings is 3. The monoisotopic (exact) mass is 479 g/mol.